The molecule has 9 heteroatoms. The summed E-state index contributed by atoms with van der Waals surface area (Å²) in [6, 6.07) is -0.419. The topological polar surface area (TPSA) is 103 Å². The number of hydrogen-bond donors (Lipinski definition) is 3. The molecular formula is C11H22N6O2S. The number of rotatable bonds is 6. The Bertz CT molecular complexity index is 495. The minimum Gasteiger partial charge on any atom is -0.319 e. The van der Waals surface area contributed by atoms with Crippen molar-refractivity contribution in [3.05, 3.63) is 12.2 Å². The monoisotopic (exact) mass is 302 g/mol. The molecule has 0 radical (unpaired) electrons. The fraction of sp³-hybridized carbons (Fsp3) is 0.818. The normalized spacial score (nSPS) is 20.1. The molecule has 1 aliphatic rings. The molecule has 1 saturated heterocycles. The van der Waals surface area contributed by atoms with Crippen LogP contribution in [-0.4, -0.2) is 54.6 Å². The molecule has 20 heavy (non-hydrogen) atoms. The van der Waals surface area contributed by atoms with E-state index in [1.165, 1.54) is 10.6 Å². The molecule has 1 atom stereocenters. The molecule has 1 aromatic rings. The maximum Gasteiger partial charge on any atom is 0.280 e. The van der Waals surface area contributed by atoms with Crippen LogP contribution in [-0.2, 0) is 10.2 Å². The van der Waals surface area contributed by atoms with E-state index in [1.54, 1.807) is 6.92 Å². The second-order valence-corrected chi connectivity index (χ2v) is 6.82. The molecular weight excluding hydrogens is 280 g/mol. The lowest BCUT2D eigenvalue weighted by Gasteiger charge is -2.31. The average molecular weight is 302 g/mol. The van der Waals surface area contributed by atoms with Crippen LogP contribution in [0.2, 0.25) is 0 Å². The van der Waals surface area contributed by atoms with Gasteiger partial charge in [-0.05, 0) is 39.3 Å². The van der Waals surface area contributed by atoms with E-state index in [1.807, 2.05) is 7.05 Å². The summed E-state index contributed by atoms with van der Waals surface area (Å²) >= 11 is 0. The quantitative estimate of drug-likeness (QED) is 0.665. The molecule has 114 valence electrons. The van der Waals surface area contributed by atoms with Crippen molar-refractivity contribution in [2.24, 2.45) is 5.92 Å². The first kappa shape index (κ1) is 15.4. The van der Waals surface area contributed by atoms with Crippen molar-refractivity contribution < 1.29 is 8.42 Å². The summed E-state index contributed by atoms with van der Waals surface area (Å²) in [4.78, 5) is 3.96. The summed E-state index contributed by atoms with van der Waals surface area (Å²) in [7, 11) is -1.55. The average Bonchev–Trinajstić information content (AvgIpc) is 2.93. The van der Waals surface area contributed by atoms with Gasteiger partial charge in [0.15, 0.2) is 0 Å². The van der Waals surface area contributed by atoms with Crippen LogP contribution in [0, 0.1) is 5.92 Å². The molecule has 2 rings (SSSR count). The first-order chi connectivity index (χ1) is 9.53. The highest BCUT2D eigenvalue weighted by Crippen LogP contribution is 2.19. The second-order valence-electron chi connectivity index (χ2n) is 5.12. The Morgan fingerprint density at radius 1 is 1.50 bits per heavy atom. The second kappa shape index (κ2) is 6.61. The van der Waals surface area contributed by atoms with E-state index < -0.39 is 16.3 Å². The van der Waals surface area contributed by atoms with Gasteiger partial charge in [-0.1, -0.05) is 0 Å². The Balaban J connectivity index is 1.91. The van der Waals surface area contributed by atoms with Crippen LogP contribution in [0.25, 0.3) is 0 Å². The van der Waals surface area contributed by atoms with Crippen molar-refractivity contribution in [1.82, 2.24) is 29.5 Å². The van der Waals surface area contributed by atoms with E-state index in [-0.39, 0.29) is 0 Å². The third-order valence-electron chi connectivity index (χ3n) is 3.58. The van der Waals surface area contributed by atoms with Crippen LogP contribution in [0.1, 0.15) is 31.6 Å². The smallest absolute Gasteiger partial charge is 0.280 e. The highest BCUT2D eigenvalue weighted by molar-refractivity contribution is 7.87. The van der Waals surface area contributed by atoms with E-state index in [9.17, 15) is 8.42 Å². The Morgan fingerprint density at radius 3 is 2.75 bits per heavy atom. The van der Waals surface area contributed by atoms with Gasteiger partial charge in [0.05, 0.1) is 6.04 Å². The van der Waals surface area contributed by atoms with Crippen molar-refractivity contribution in [3.8, 4) is 0 Å². The van der Waals surface area contributed by atoms with Gasteiger partial charge in [0.1, 0.15) is 12.2 Å². The summed E-state index contributed by atoms with van der Waals surface area (Å²) < 4.78 is 28.7. The third-order valence-corrected chi connectivity index (χ3v) is 5.27. The van der Waals surface area contributed by atoms with Crippen molar-refractivity contribution >= 4 is 10.2 Å². The standard InChI is InChI=1S/C11H22N6O2S/c1-9(11-13-8-14-15-11)16-20(18,19)17-5-3-10(4-6-17)7-12-2/h8-10,12,16H,3-7H2,1-2H3,(H,13,14,15). The number of aromatic amines is 1. The van der Waals surface area contributed by atoms with Gasteiger partial charge in [-0.2, -0.15) is 22.5 Å². The number of nitrogens with one attached hydrogen (secondary N) is 3. The molecule has 1 fully saturated rings. The number of nitrogens with zero attached hydrogens (tertiary/aromatic N) is 3. The molecule has 8 nitrogen and oxygen atoms in total. The largest absolute Gasteiger partial charge is 0.319 e. The summed E-state index contributed by atoms with van der Waals surface area (Å²) in [5, 5.41) is 9.53. The van der Waals surface area contributed by atoms with E-state index in [0.29, 0.717) is 24.8 Å². The zero-order valence-corrected chi connectivity index (χ0v) is 12.7. The van der Waals surface area contributed by atoms with E-state index in [0.717, 1.165) is 19.4 Å². The number of H-pyrrole nitrogens is 1. The summed E-state index contributed by atoms with van der Waals surface area (Å²) in [6.45, 7) is 3.80. The Hall–Kier alpha value is -1.03. The molecule has 0 spiro atoms. The predicted molar refractivity (Wildman–Crippen MR) is 75.1 cm³/mol. The van der Waals surface area contributed by atoms with E-state index >= 15 is 0 Å². The summed E-state index contributed by atoms with van der Waals surface area (Å²) in [5.41, 5.74) is 0. The number of hydrogen-bond acceptors (Lipinski definition) is 5. The van der Waals surface area contributed by atoms with E-state index in [4.69, 9.17) is 0 Å². The molecule has 1 aliphatic heterocycles. The van der Waals surface area contributed by atoms with Crippen LogP contribution >= 0.6 is 0 Å². The van der Waals surface area contributed by atoms with Gasteiger partial charge in [-0.15, -0.1) is 0 Å². The molecule has 3 N–H and O–H groups in total. The maximum atomic E-state index is 12.3. The fourth-order valence-electron chi connectivity index (χ4n) is 2.42. The van der Waals surface area contributed by atoms with Crippen molar-refractivity contribution in [2.45, 2.75) is 25.8 Å². The Morgan fingerprint density at radius 2 is 2.20 bits per heavy atom. The highest BCUT2D eigenvalue weighted by atomic mass is 32.2. The fourth-order valence-corrected chi connectivity index (χ4v) is 3.82. The van der Waals surface area contributed by atoms with Gasteiger partial charge >= 0.3 is 0 Å². The molecule has 1 unspecified atom stereocenters. The highest BCUT2D eigenvalue weighted by Gasteiger charge is 2.29. The van der Waals surface area contributed by atoms with Crippen molar-refractivity contribution in [2.75, 3.05) is 26.7 Å². The van der Waals surface area contributed by atoms with Gasteiger partial charge in [0, 0.05) is 13.1 Å². The van der Waals surface area contributed by atoms with Gasteiger partial charge < -0.3 is 5.32 Å². The molecule has 0 saturated carbocycles. The maximum absolute atomic E-state index is 12.3. The van der Waals surface area contributed by atoms with Crippen LogP contribution in [0.15, 0.2) is 6.33 Å². The SMILES string of the molecule is CNCC1CCN(S(=O)(=O)NC(C)c2ncn[nH]2)CC1. The molecule has 0 aromatic carbocycles. The lowest BCUT2D eigenvalue weighted by Crippen LogP contribution is -2.46. The minimum absolute atomic E-state index is 0.419. The summed E-state index contributed by atoms with van der Waals surface area (Å²) in [5.74, 6) is 1.07. The van der Waals surface area contributed by atoms with Gasteiger partial charge in [0.25, 0.3) is 10.2 Å². The Labute approximate surface area is 119 Å². The third kappa shape index (κ3) is 3.75. The lowest BCUT2D eigenvalue weighted by molar-refractivity contribution is 0.267. The van der Waals surface area contributed by atoms with Crippen molar-refractivity contribution in [1.29, 1.82) is 0 Å². The van der Waals surface area contributed by atoms with Gasteiger partial charge in [-0.25, -0.2) is 4.98 Å². The molecule has 2 heterocycles. The van der Waals surface area contributed by atoms with E-state index in [2.05, 4.69) is 25.2 Å². The first-order valence-electron chi connectivity index (χ1n) is 6.80. The lowest BCUT2D eigenvalue weighted by atomic mass is 9.98. The summed E-state index contributed by atoms with van der Waals surface area (Å²) in [6.07, 6.45) is 3.14. The van der Waals surface area contributed by atoms with Crippen LogP contribution in [0.4, 0.5) is 0 Å². The van der Waals surface area contributed by atoms with Gasteiger partial charge in [0.2, 0.25) is 0 Å². The zero-order valence-electron chi connectivity index (χ0n) is 11.8. The van der Waals surface area contributed by atoms with Crippen LogP contribution in [0.5, 0.6) is 0 Å². The van der Waals surface area contributed by atoms with Crippen molar-refractivity contribution in [3.63, 3.8) is 0 Å². The van der Waals surface area contributed by atoms with Crippen LogP contribution in [0.3, 0.4) is 0 Å². The predicted octanol–water partition coefficient (Wildman–Crippen LogP) is -0.368. The van der Waals surface area contributed by atoms with Crippen LogP contribution < -0.4 is 10.0 Å². The molecule has 0 amide bonds. The molecule has 0 bridgehead atoms. The van der Waals surface area contributed by atoms with Gasteiger partial charge in [-0.3, -0.25) is 5.10 Å². The molecule has 0 aliphatic carbocycles. The number of piperidine rings is 1. The Kier molecular flexibility index (Phi) is 5.08. The minimum atomic E-state index is -3.47. The molecule has 1 aromatic heterocycles. The number of aromatic nitrogens is 3. The first-order valence-corrected chi connectivity index (χ1v) is 8.24. The zero-order chi connectivity index (χ0) is 14.6.